The lowest BCUT2D eigenvalue weighted by Gasteiger charge is -2.41. The summed E-state index contributed by atoms with van der Waals surface area (Å²) in [7, 11) is 6.49. The minimum absolute atomic E-state index is 0. The van der Waals surface area contributed by atoms with E-state index < -0.39 is 0 Å². The standard InChI is InChI=1S/2C21H23FO2.C16H24O3.C14H17NO2.C14H19NO2.C9H18O3.CH4/c2*22-20-9-5-4-8-19(20)21-11-10-18(12-17(21)14-23-15-21)24-13-16-6-2-1-3-7-16;1-4-8-15(11-12-16(17-2)18-3)19-13-14-9-6-5-7-10-14;1-2-4-11(5-3-1)9-16-13-6-7-14-12(8-13)10-17-15-14;1-2-7-14(10-6-11-15-16)17-12-13-8-4-3-5-9-13;1-4-5-8(10)6-7-9(11-2)12-3;/h2*1-9,17-18H,10-15H2;4-7,9-10,15-16H,1,8,11-13H2,2-3H3;1-5,12-13H,6-10H2;2-5,8-9,11,14,16H,1,6-7,10,12H2;4,8-10H,1,5-7H2,2-3H3;1H4/t2*17-,18?,21-;;;;;/m00...../s1. The van der Waals surface area contributed by atoms with Gasteiger partial charge < -0.3 is 67.3 Å². The number of benzene rings is 7. The Kier molecular flexibility index (Phi) is 43.6. The van der Waals surface area contributed by atoms with Crippen molar-refractivity contribution in [2.75, 3.05) is 61.5 Å². The average molecular weight is 1570 g/mol. The highest BCUT2D eigenvalue weighted by atomic mass is 19.1. The largest absolute Gasteiger partial charge is 0.411 e. The van der Waals surface area contributed by atoms with E-state index in [0.29, 0.717) is 109 Å². The molecule has 7 unspecified atom stereocenters. The van der Waals surface area contributed by atoms with Gasteiger partial charge >= 0.3 is 0 Å². The SMILES string of the molecule is C.C=CCC(CCC(OC)OC)OCc1ccccc1.C=CCC(CCC=NO)OCc1ccccc1.C=CCC(O)CCC(OC)OC.Fc1ccccc1[C@]12CCC(OCc3ccccc3)C[C@H]1COC2.Fc1ccccc1[C@]12CCC(OCc3ccccc3)C[C@H]1COC2.c1ccc(COC2CCC3=NOCC3C2)cc1. The molecule has 0 amide bonds. The van der Waals surface area contributed by atoms with Crippen LogP contribution in [0.4, 0.5) is 8.78 Å². The smallest absolute Gasteiger partial charge is 0.156 e. The number of ether oxygens (including phenoxy) is 11. The molecule has 5 fully saturated rings. The quantitative estimate of drug-likeness (QED) is 0.0125. The van der Waals surface area contributed by atoms with E-state index in [1.807, 2.05) is 127 Å². The second-order valence-corrected chi connectivity index (χ2v) is 29.7. The molecule has 114 heavy (non-hydrogen) atoms. The van der Waals surface area contributed by atoms with Gasteiger partial charge in [-0.15, -0.1) is 24.9 Å². The van der Waals surface area contributed by atoms with Gasteiger partial charge in [-0.1, -0.05) is 219 Å². The molecule has 0 radical (unpaired) electrons. The molecule has 3 aliphatic heterocycles. The average Bonchev–Trinajstić information content (AvgIpc) is 1.55. The van der Waals surface area contributed by atoms with Gasteiger partial charge in [-0.05, 0) is 166 Å². The summed E-state index contributed by atoms with van der Waals surface area (Å²) in [6.45, 7) is 17.7. The Morgan fingerprint density at radius 3 is 1.25 bits per heavy atom. The van der Waals surface area contributed by atoms with Crippen molar-refractivity contribution >= 4 is 11.9 Å². The Hall–Kier alpha value is -7.92. The number of fused-ring (bicyclic) bond motifs is 3. The number of rotatable bonds is 36. The Balaban J connectivity index is 0.000000192. The lowest BCUT2D eigenvalue weighted by Crippen LogP contribution is -2.42. The highest BCUT2D eigenvalue weighted by Gasteiger charge is 2.51. The van der Waals surface area contributed by atoms with E-state index in [2.05, 4.69) is 90.7 Å². The van der Waals surface area contributed by atoms with Crippen LogP contribution in [-0.2, 0) is 101 Å². The van der Waals surface area contributed by atoms with E-state index in [1.54, 1.807) is 58.8 Å². The van der Waals surface area contributed by atoms with Crippen LogP contribution in [0.3, 0.4) is 0 Å². The number of methoxy groups -OCH3 is 4. The third-order valence-corrected chi connectivity index (χ3v) is 22.0. The number of aliphatic hydroxyl groups is 1. The van der Waals surface area contributed by atoms with E-state index in [4.69, 9.17) is 62.2 Å². The molecule has 7 aromatic carbocycles. The highest BCUT2D eigenvalue weighted by molar-refractivity contribution is 5.88. The molecule has 3 heterocycles. The van der Waals surface area contributed by atoms with Crippen molar-refractivity contribution < 1.29 is 76.0 Å². The zero-order valence-electron chi connectivity index (χ0n) is 67.1. The molecular formula is C96H128F2N2O14. The number of oxime groups is 2. The monoisotopic (exact) mass is 1570 g/mol. The molecule has 16 nitrogen and oxygen atoms in total. The molecule has 18 heteroatoms. The van der Waals surface area contributed by atoms with Gasteiger partial charge in [-0.25, -0.2) is 8.78 Å². The lowest BCUT2D eigenvalue weighted by atomic mass is 9.63. The molecule has 0 bridgehead atoms. The fourth-order valence-electron chi connectivity index (χ4n) is 15.6. The molecule has 2 saturated heterocycles. The summed E-state index contributed by atoms with van der Waals surface area (Å²) >= 11 is 0. The first-order chi connectivity index (χ1) is 55.4. The Morgan fingerprint density at radius 1 is 0.474 bits per heavy atom. The first-order valence-electron chi connectivity index (χ1n) is 40.3. The van der Waals surface area contributed by atoms with Crippen LogP contribution in [0.1, 0.15) is 162 Å². The first-order valence-corrected chi connectivity index (χ1v) is 40.3. The fraction of sp³-hybridized carbons (Fsp3) is 0.479. The van der Waals surface area contributed by atoms with E-state index in [9.17, 15) is 13.9 Å². The van der Waals surface area contributed by atoms with Gasteiger partial charge in [-0.2, -0.15) is 0 Å². The van der Waals surface area contributed by atoms with Gasteiger partial charge in [0.15, 0.2) is 12.6 Å². The summed E-state index contributed by atoms with van der Waals surface area (Å²) < 4.78 is 90.6. The van der Waals surface area contributed by atoms with Gasteiger partial charge in [0.05, 0.1) is 102 Å². The Labute approximate surface area is 678 Å². The highest BCUT2D eigenvalue weighted by Crippen LogP contribution is 2.51. The maximum absolute atomic E-state index is 14.4. The molecule has 3 saturated carbocycles. The maximum atomic E-state index is 14.4. The summed E-state index contributed by atoms with van der Waals surface area (Å²) in [6, 6.07) is 65.5. The van der Waals surface area contributed by atoms with Gasteiger partial charge in [0.25, 0.3) is 0 Å². The van der Waals surface area contributed by atoms with Crippen LogP contribution in [0.25, 0.3) is 0 Å². The summed E-state index contributed by atoms with van der Waals surface area (Å²) in [5, 5.41) is 24.7. The number of nitrogens with zero attached hydrogens (tertiary/aromatic N) is 2. The summed E-state index contributed by atoms with van der Waals surface area (Å²) in [4.78, 5) is 5.14. The summed E-state index contributed by atoms with van der Waals surface area (Å²) in [6.07, 6.45) is 23.1. The van der Waals surface area contributed by atoms with Crippen molar-refractivity contribution in [1.82, 2.24) is 0 Å². The van der Waals surface area contributed by atoms with Gasteiger partial charge in [0.1, 0.15) is 18.2 Å². The molecule has 11 atom stereocenters. The number of hydrogen-bond acceptors (Lipinski definition) is 16. The van der Waals surface area contributed by atoms with Crippen molar-refractivity contribution in [3.05, 3.63) is 289 Å². The fourth-order valence-corrected chi connectivity index (χ4v) is 15.6. The molecule has 7 aromatic rings. The van der Waals surface area contributed by atoms with Gasteiger partial charge in [-0.3, -0.25) is 0 Å². The van der Waals surface area contributed by atoms with Gasteiger partial charge in [0.2, 0.25) is 0 Å². The second kappa shape index (κ2) is 53.3. The van der Waals surface area contributed by atoms with E-state index >= 15 is 0 Å². The number of hydrogen-bond donors (Lipinski definition) is 2. The molecule has 620 valence electrons. The predicted molar refractivity (Wildman–Crippen MR) is 449 cm³/mol. The van der Waals surface area contributed by atoms with Crippen molar-refractivity contribution in [1.29, 1.82) is 0 Å². The van der Waals surface area contributed by atoms with Crippen LogP contribution in [0, 0.1) is 29.4 Å². The minimum Gasteiger partial charge on any atom is -0.411 e. The van der Waals surface area contributed by atoms with Crippen molar-refractivity contribution in [3.8, 4) is 0 Å². The van der Waals surface area contributed by atoms with Crippen LogP contribution < -0.4 is 0 Å². The normalized spacial score (nSPS) is 21.8. The van der Waals surface area contributed by atoms with Crippen LogP contribution in [-0.4, -0.2) is 133 Å². The van der Waals surface area contributed by atoms with Crippen molar-refractivity contribution in [2.24, 2.45) is 28.1 Å². The molecule has 0 spiro atoms. The lowest BCUT2D eigenvalue weighted by molar-refractivity contribution is -0.113. The van der Waals surface area contributed by atoms with Crippen LogP contribution in [0.5, 0.6) is 0 Å². The van der Waals surface area contributed by atoms with Gasteiger partial charge in [0, 0.05) is 64.2 Å². The first kappa shape index (κ1) is 93.2. The predicted octanol–water partition coefficient (Wildman–Crippen LogP) is 20.6. The zero-order chi connectivity index (χ0) is 80.0. The second-order valence-electron chi connectivity index (χ2n) is 29.7. The molecule has 0 aromatic heterocycles. The van der Waals surface area contributed by atoms with E-state index in [-0.39, 0.29) is 73.0 Å². The Morgan fingerprint density at radius 2 is 0.851 bits per heavy atom. The summed E-state index contributed by atoms with van der Waals surface area (Å²) in [5.74, 6) is 0.977. The molecule has 2 N–H and O–H groups in total. The zero-order valence-corrected chi connectivity index (χ0v) is 67.1. The molecule has 13 rings (SSSR count). The van der Waals surface area contributed by atoms with Crippen LogP contribution >= 0.6 is 0 Å². The van der Waals surface area contributed by atoms with Crippen molar-refractivity contribution in [2.45, 2.75) is 216 Å². The molecular weight excluding hydrogens is 1440 g/mol. The maximum Gasteiger partial charge on any atom is 0.156 e. The topological polar surface area (TPSA) is 176 Å². The van der Waals surface area contributed by atoms with Crippen LogP contribution in [0.15, 0.2) is 248 Å². The third-order valence-electron chi connectivity index (χ3n) is 22.0. The van der Waals surface area contributed by atoms with Crippen molar-refractivity contribution in [3.63, 3.8) is 0 Å². The Bertz CT molecular complexity index is 3640. The van der Waals surface area contributed by atoms with E-state index in [0.717, 1.165) is 113 Å². The van der Waals surface area contributed by atoms with Crippen LogP contribution in [0.2, 0.25) is 0 Å². The molecule has 6 aliphatic rings. The third kappa shape index (κ3) is 31.3. The number of halogens is 2. The number of aliphatic hydroxyl groups excluding tert-OH is 1. The summed E-state index contributed by atoms with van der Waals surface area (Å²) in [5.41, 5.74) is 8.55. The molecule has 3 aliphatic carbocycles. The minimum atomic E-state index is -0.324. The van der Waals surface area contributed by atoms with E-state index in [1.165, 1.54) is 34.2 Å².